The Hall–Kier alpha value is -2.44. The predicted molar refractivity (Wildman–Crippen MR) is 66.2 cm³/mol. The van der Waals surface area contributed by atoms with Crippen molar-refractivity contribution in [1.29, 1.82) is 0 Å². The molecule has 0 saturated carbocycles. The summed E-state index contributed by atoms with van der Waals surface area (Å²) < 4.78 is 1.60. The Labute approximate surface area is 103 Å². The van der Waals surface area contributed by atoms with E-state index < -0.39 is 12.0 Å². The van der Waals surface area contributed by atoms with Crippen molar-refractivity contribution in [3.05, 3.63) is 25.2 Å². The van der Waals surface area contributed by atoms with Crippen LogP contribution < -0.4 is 5.32 Å². The molecule has 7 nitrogen and oxygen atoms in total. The Bertz CT molecular complexity index is 592. The molecule has 94 valence electrons. The molecular weight excluding hydrogens is 234 g/mol. The van der Waals surface area contributed by atoms with E-state index in [4.69, 9.17) is 5.11 Å². The Kier molecular flexibility index (Phi) is 3.22. The first-order valence-corrected chi connectivity index (χ1v) is 5.36. The molecule has 0 bridgehead atoms. The largest absolute Gasteiger partial charge is 0.480 e. The van der Waals surface area contributed by atoms with Crippen molar-refractivity contribution in [2.75, 3.05) is 5.32 Å². The number of nitrogens with zero attached hydrogens (tertiary/aromatic N) is 4. The summed E-state index contributed by atoms with van der Waals surface area (Å²) in [5.41, 5.74) is 0.648. The van der Waals surface area contributed by atoms with Gasteiger partial charge in [0.2, 0.25) is 0 Å². The van der Waals surface area contributed by atoms with Gasteiger partial charge >= 0.3 is 5.97 Å². The molecule has 2 aromatic heterocycles. The van der Waals surface area contributed by atoms with Gasteiger partial charge in [0.05, 0.1) is 11.6 Å². The lowest BCUT2D eigenvalue weighted by molar-refractivity contribution is -0.137. The van der Waals surface area contributed by atoms with Crippen molar-refractivity contribution in [2.24, 2.45) is 7.05 Å². The SMILES string of the molecule is C=CCC(Nc1ncnc2c1cnn2C)C(=O)O. The van der Waals surface area contributed by atoms with Gasteiger partial charge in [-0.2, -0.15) is 5.10 Å². The molecular formula is C11H13N5O2. The molecule has 2 rings (SSSR count). The summed E-state index contributed by atoms with van der Waals surface area (Å²) >= 11 is 0. The first kappa shape index (κ1) is 12.0. The summed E-state index contributed by atoms with van der Waals surface area (Å²) in [5.74, 6) is -0.493. The van der Waals surface area contributed by atoms with Crippen molar-refractivity contribution < 1.29 is 9.90 Å². The maximum atomic E-state index is 11.1. The highest BCUT2D eigenvalue weighted by Gasteiger charge is 2.18. The fourth-order valence-electron chi connectivity index (χ4n) is 1.63. The number of carboxylic acid groups (broad SMARTS) is 1. The van der Waals surface area contributed by atoms with Crippen molar-refractivity contribution in [3.8, 4) is 0 Å². The second-order valence-corrected chi connectivity index (χ2v) is 3.79. The molecule has 1 unspecified atom stereocenters. The zero-order valence-corrected chi connectivity index (χ0v) is 9.87. The second-order valence-electron chi connectivity index (χ2n) is 3.79. The van der Waals surface area contributed by atoms with Crippen LogP contribution in [0.15, 0.2) is 25.2 Å². The number of rotatable bonds is 5. The number of fused-ring (bicyclic) bond motifs is 1. The maximum absolute atomic E-state index is 11.1. The van der Waals surface area contributed by atoms with Crippen LogP contribution in [0.2, 0.25) is 0 Å². The number of aryl methyl sites for hydroxylation is 1. The van der Waals surface area contributed by atoms with Gasteiger partial charge in [0.25, 0.3) is 0 Å². The molecule has 0 aliphatic heterocycles. The van der Waals surface area contributed by atoms with Gasteiger partial charge in [-0.25, -0.2) is 14.8 Å². The average molecular weight is 247 g/mol. The van der Waals surface area contributed by atoms with E-state index in [0.29, 0.717) is 23.3 Å². The number of aromatic nitrogens is 4. The first-order chi connectivity index (χ1) is 8.63. The van der Waals surface area contributed by atoms with Crippen LogP contribution in [0.25, 0.3) is 11.0 Å². The van der Waals surface area contributed by atoms with Crippen LogP contribution in [0, 0.1) is 0 Å². The van der Waals surface area contributed by atoms with Gasteiger partial charge in [-0.1, -0.05) is 6.08 Å². The van der Waals surface area contributed by atoms with E-state index in [9.17, 15) is 4.79 Å². The minimum atomic E-state index is -0.953. The topological polar surface area (TPSA) is 92.9 Å². The lowest BCUT2D eigenvalue weighted by Gasteiger charge is -2.13. The van der Waals surface area contributed by atoms with E-state index in [2.05, 4.69) is 27.0 Å². The monoisotopic (exact) mass is 247 g/mol. The van der Waals surface area contributed by atoms with Gasteiger partial charge in [0.1, 0.15) is 18.2 Å². The molecule has 2 N–H and O–H groups in total. The summed E-state index contributed by atoms with van der Waals surface area (Å²) in [6.45, 7) is 3.54. The molecule has 0 saturated heterocycles. The fraction of sp³-hybridized carbons (Fsp3) is 0.273. The van der Waals surface area contributed by atoms with Crippen molar-refractivity contribution in [3.63, 3.8) is 0 Å². The maximum Gasteiger partial charge on any atom is 0.326 e. The van der Waals surface area contributed by atoms with E-state index in [-0.39, 0.29) is 0 Å². The number of hydrogen-bond acceptors (Lipinski definition) is 5. The molecule has 0 amide bonds. The van der Waals surface area contributed by atoms with E-state index in [1.54, 1.807) is 24.0 Å². The van der Waals surface area contributed by atoms with E-state index in [1.807, 2.05) is 0 Å². The predicted octanol–water partition coefficient (Wildman–Crippen LogP) is 0.804. The van der Waals surface area contributed by atoms with Crippen molar-refractivity contribution >= 4 is 22.8 Å². The molecule has 0 aromatic carbocycles. The molecule has 0 spiro atoms. The number of hydrogen-bond donors (Lipinski definition) is 2. The normalized spacial score (nSPS) is 12.3. The van der Waals surface area contributed by atoms with Crippen molar-refractivity contribution in [2.45, 2.75) is 12.5 Å². The molecule has 0 fully saturated rings. The summed E-state index contributed by atoms with van der Waals surface area (Å²) in [6.07, 6.45) is 4.83. The smallest absolute Gasteiger partial charge is 0.326 e. The van der Waals surface area contributed by atoms with Gasteiger partial charge in [-0.3, -0.25) is 4.68 Å². The highest BCUT2D eigenvalue weighted by Crippen LogP contribution is 2.19. The molecule has 0 aliphatic carbocycles. The molecule has 2 heterocycles. The third kappa shape index (κ3) is 2.15. The summed E-state index contributed by atoms with van der Waals surface area (Å²) in [4.78, 5) is 19.2. The van der Waals surface area contributed by atoms with E-state index in [1.165, 1.54) is 6.33 Å². The molecule has 18 heavy (non-hydrogen) atoms. The van der Waals surface area contributed by atoms with Crippen LogP contribution in [0.5, 0.6) is 0 Å². The minimum absolute atomic E-state index is 0.307. The van der Waals surface area contributed by atoms with Crippen LogP contribution in [0.4, 0.5) is 5.82 Å². The van der Waals surface area contributed by atoms with Crippen LogP contribution in [-0.4, -0.2) is 36.9 Å². The number of anilines is 1. The summed E-state index contributed by atoms with van der Waals surface area (Å²) in [6, 6.07) is -0.763. The Morgan fingerprint density at radius 3 is 3.11 bits per heavy atom. The zero-order valence-electron chi connectivity index (χ0n) is 9.87. The minimum Gasteiger partial charge on any atom is -0.480 e. The Balaban J connectivity index is 2.36. The molecule has 7 heteroatoms. The zero-order chi connectivity index (χ0) is 13.1. The molecule has 1 atom stereocenters. The van der Waals surface area contributed by atoms with Crippen LogP contribution in [0.1, 0.15) is 6.42 Å². The quantitative estimate of drug-likeness (QED) is 0.759. The number of nitrogens with one attached hydrogen (secondary N) is 1. The third-order valence-electron chi connectivity index (χ3n) is 2.54. The van der Waals surface area contributed by atoms with Gasteiger partial charge in [0.15, 0.2) is 5.65 Å². The number of carboxylic acids is 1. The number of carbonyl (C=O) groups is 1. The summed E-state index contributed by atoms with van der Waals surface area (Å²) in [5, 5.41) is 16.7. The van der Waals surface area contributed by atoms with Gasteiger partial charge in [0, 0.05) is 7.05 Å². The second kappa shape index (κ2) is 4.82. The standard InChI is InChI=1S/C11H13N5O2/c1-3-4-8(11(17)18)15-9-7-5-14-16(2)10(7)13-6-12-9/h3,5-6,8H,1,4H2,2H3,(H,17,18)(H,12,13,15). The van der Waals surface area contributed by atoms with Gasteiger partial charge in [-0.15, -0.1) is 6.58 Å². The number of aliphatic carboxylic acids is 1. The Morgan fingerprint density at radius 2 is 2.44 bits per heavy atom. The van der Waals surface area contributed by atoms with Crippen LogP contribution in [0.3, 0.4) is 0 Å². The highest BCUT2D eigenvalue weighted by atomic mass is 16.4. The fourth-order valence-corrected chi connectivity index (χ4v) is 1.63. The van der Waals surface area contributed by atoms with Crippen LogP contribution in [-0.2, 0) is 11.8 Å². The highest BCUT2D eigenvalue weighted by molar-refractivity contribution is 5.88. The first-order valence-electron chi connectivity index (χ1n) is 5.36. The Morgan fingerprint density at radius 1 is 1.67 bits per heavy atom. The summed E-state index contributed by atoms with van der Waals surface area (Å²) in [7, 11) is 1.76. The van der Waals surface area contributed by atoms with Gasteiger partial charge < -0.3 is 10.4 Å². The van der Waals surface area contributed by atoms with Crippen LogP contribution >= 0.6 is 0 Å². The van der Waals surface area contributed by atoms with Gasteiger partial charge in [-0.05, 0) is 6.42 Å². The van der Waals surface area contributed by atoms with E-state index >= 15 is 0 Å². The van der Waals surface area contributed by atoms with Crippen molar-refractivity contribution in [1.82, 2.24) is 19.7 Å². The lowest BCUT2D eigenvalue weighted by Crippen LogP contribution is -2.29. The molecule has 0 aliphatic rings. The molecule has 2 aromatic rings. The third-order valence-corrected chi connectivity index (χ3v) is 2.54. The average Bonchev–Trinajstić information content (AvgIpc) is 2.72. The lowest BCUT2D eigenvalue weighted by atomic mass is 10.2. The van der Waals surface area contributed by atoms with E-state index in [0.717, 1.165) is 0 Å². The molecule has 0 radical (unpaired) electrons.